The van der Waals surface area contributed by atoms with Crippen LogP contribution in [-0.4, -0.2) is 30.6 Å². The summed E-state index contributed by atoms with van der Waals surface area (Å²) in [5.41, 5.74) is 0. The zero-order valence-electron chi connectivity index (χ0n) is 29.5. The molecule has 0 aliphatic carbocycles. The monoisotopic (exact) mass is 658 g/mol. The van der Waals surface area contributed by atoms with Crippen LogP contribution in [0.2, 0.25) is 0 Å². The summed E-state index contributed by atoms with van der Waals surface area (Å²) in [5, 5.41) is 0. The third kappa shape index (κ3) is 33.8. The zero-order chi connectivity index (χ0) is 32.6. The third-order valence-electron chi connectivity index (χ3n) is 8.17. The fourth-order valence-electron chi connectivity index (χ4n) is 5.41. The van der Waals surface area contributed by atoms with Gasteiger partial charge in [-0.2, -0.15) is 0 Å². The molecule has 4 N–H and O–H groups in total. The van der Waals surface area contributed by atoms with Gasteiger partial charge in [-0.15, -0.1) is 0 Å². The number of allylic oxidation sites excluding steroid dienone is 4. The van der Waals surface area contributed by atoms with E-state index in [0.717, 1.165) is 77.0 Å². The lowest BCUT2D eigenvalue weighted by molar-refractivity contribution is -0.137. The Bertz CT molecular complexity index is 788. The first-order valence-corrected chi connectivity index (χ1v) is 19.6. The largest absolute Gasteiger partial charge is 0.725 e. The Labute approximate surface area is 278 Å². The van der Waals surface area contributed by atoms with Crippen molar-refractivity contribution in [3.8, 4) is 0 Å². The molecule has 0 aliphatic heterocycles. The van der Waals surface area contributed by atoms with Crippen LogP contribution in [-0.2, 0) is 24.2 Å². The van der Waals surface area contributed by atoms with Crippen LogP contribution in [0.1, 0.15) is 194 Å². The molecule has 8 heteroatoms. The Morgan fingerprint density at radius 3 is 1.07 bits per heavy atom. The highest BCUT2D eigenvalue weighted by molar-refractivity contribution is 7.80. The molecule has 0 atom stereocenters. The minimum Gasteiger partial charge on any atom is -0.725 e. The van der Waals surface area contributed by atoms with E-state index in [1.54, 1.807) is 0 Å². The second-order valence-electron chi connectivity index (χ2n) is 12.5. The highest BCUT2D eigenvalue weighted by Crippen LogP contribution is 2.15. The molecule has 0 aliphatic rings. The Morgan fingerprint density at radius 1 is 0.511 bits per heavy atom. The van der Waals surface area contributed by atoms with Crippen molar-refractivity contribution < 1.29 is 26.7 Å². The summed E-state index contributed by atoms with van der Waals surface area (Å²) in [5.74, 6) is -1.19. The van der Waals surface area contributed by atoms with Crippen molar-refractivity contribution in [2.75, 3.05) is 0 Å². The van der Waals surface area contributed by atoms with E-state index in [9.17, 15) is 22.6 Å². The molecule has 0 saturated carbocycles. The van der Waals surface area contributed by atoms with Gasteiger partial charge < -0.3 is 10.7 Å². The van der Waals surface area contributed by atoms with Crippen molar-refractivity contribution in [2.45, 2.75) is 200 Å². The first-order valence-electron chi connectivity index (χ1n) is 18.3. The topological polar surface area (TPSA) is 137 Å². The maximum Gasteiger partial charge on any atom is 0.218 e. The maximum atomic E-state index is 12.6. The molecule has 0 spiro atoms. The van der Waals surface area contributed by atoms with Gasteiger partial charge in [0.2, 0.25) is 10.4 Å². The molecule has 266 valence electrons. The molecule has 0 bridgehead atoms. The van der Waals surface area contributed by atoms with Gasteiger partial charge in [-0.3, -0.25) is 13.8 Å². The summed E-state index contributed by atoms with van der Waals surface area (Å²) in [6, 6.07) is 0. The molecule has 0 saturated heterocycles. The van der Waals surface area contributed by atoms with E-state index in [0.29, 0.717) is 12.8 Å². The maximum absolute atomic E-state index is 12.6. The van der Waals surface area contributed by atoms with Gasteiger partial charge in [0.1, 0.15) is 0 Å². The summed E-state index contributed by atoms with van der Waals surface area (Å²) in [6.07, 6.45) is 36.8. The Hall–Kier alpha value is -1.35. The van der Waals surface area contributed by atoms with Crippen LogP contribution in [0.25, 0.3) is 0 Å². The standard InChI is InChI=1S/C37H68O6S.H3N/c1-3-5-7-9-11-13-15-17-19-21-23-25-27-29-31-33-35(38)37(43-44(40,41)42)36(39)34-32-30-28-26-24-22-20-18-16-14-12-10-8-6-4-2;/h17-20,37H,3-16,21-34H2,1-2H3,(H,40,41,42);1H3/b19-17-,20-18-;. The molecule has 7 nitrogen and oxygen atoms in total. The second kappa shape index (κ2) is 34.0. The van der Waals surface area contributed by atoms with Crippen LogP contribution < -0.4 is 6.15 Å². The smallest absolute Gasteiger partial charge is 0.218 e. The van der Waals surface area contributed by atoms with E-state index in [2.05, 4.69) is 42.3 Å². The summed E-state index contributed by atoms with van der Waals surface area (Å²) in [4.78, 5) is 25.2. The van der Waals surface area contributed by atoms with Crippen molar-refractivity contribution in [1.29, 1.82) is 0 Å². The summed E-state index contributed by atoms with van der Waals surface area (Å²) in [6.45, 7) is 4.48. The molecule has 0 unspecified atom stereocenters. The van der Waals surface area contributed by atoms with Crippen molar-refractivity contribution in [1.82, 2.24) is 6.15 Å². The van der Waals surface area contributed by atoms with Crippen LogP contribution in [0.3, 0.4) is 0 Å². The third-order valence-corrected chi connectivity index (χ3v) is 8.60. The van der Waals surface area contributed by atoms with Gasteiger partial charge in [0, 0.05) is 12.8 Å². The minimum absolute atomic E-state index is 0. The van der Waals surface area contributed by atoms with Gasteiger partial charge in [0.05, 0.1) is 0 Å². The number of Topliss-reactive ketones (excluding diaryl/α,β-unsaturated/α-hetero) is 2. The Morgan fingerprint density at radius 2 is 0.778 bits per heavy atom. The normalized spacial score (nSPS) is 12.0. The van der Waals surface area contributed by atoms with Crippen molar-refractivity contribution in [3.05, 3.63) is 24.3 Å². The van der Waals surface area contributed by atoms with E-state index in [1.807, 2.05) is 0 Å². The first-order chi connectivity index (χ1) is 21.3. The number of carbonyl (C=O) groups is 2. The molecule has 0 aromatic rings. The summed E-state index contributed by atoms with van der Waals surface area (Å²) in [7, 11) is -5.14. The average Bonchev–Trinajstić information content (AvgIpc) is 2.99. The molecular weight excluding hydrogens is 586 g/mol. The van der Waals surface area contributed by atoms with Crippen LogP contribution in [0, 0.1) is 0 Å². The molecule has 0 amide bonds. The predicted octanol–water partition coefficient (Wildman–Crippen LogP) is 11.4. The molecule has 0 aromatic heterocycles. The number of rotatable bonds is 34. The van der Waals surface area contributed by atoms with Gasteiger partial charge in [0.15, 0.2) is 17.7 Å². The average molecular weight is 658 g/mol. The van der Waals surface area contributed by atoms with Crippen LogP contribution in [0.5, 0.6) is 0 Å². The number of hydrogen-bond acceptors (Lipinski definition) is 6. The van der Waals surface area contributed by atoms with Gasteiger partial charge in [-0.1, -0.05) is 141 Å². The van der Waals surface area contributed by atoms with Crippen LogP contribution >= 0.6 is 0 Å². The summed E-state index contributed by atoms with van der Waals surface area (Å²) < 4.78 is 38.0. The number of hydrogen-bond donors (Lipinski definition) is 1. The fraction of sp³-hybridized carbons (Fsp3) is 0.838. The molecule has 0 rings (SSSR count). The minimum atomic E-state index is -5.14. The van der Waals surface area contributed by atoms with E-state index in [-0.39, 0.29) is 19.0 Å². The number of carbonyl (C=O) groups excluding carboxylic acids is 2. The first kappa shape index (κ1) is 45.8. The molecule has 0 heterocycles. The second-order valence-corrected chi connectivity index (χ2v) is 13.5. The predicted molar refractivity (Wildman–Crippen MR) is 189 cm³/mol. The van der Waals surface area contributed by atoms with Gasteiger partial charge in [-0.25, -0.2) is 8.42 Å². The highest BCUT2D eigenvalue weighted by atomic mass is 32.3. The zero-order valence-corrected chi connectivity index (χ0v) is 30.4. The van der Waals surface area contributed by atoms with E-state index in [1.165, 1.54) is 77.0 Å². The van der Waals surface area contributed by atoms with Crippen molar-refractivity contribution >= 4 is 22.0 Å². The molecule has 0 fully saturated rings. The number of ketones is 2. The number of quaternary nitrogens is 1. The van der Waals surface area contributed by atoms with E-state index < -0.39 is 28.1 Å². The SMILES string of the molecule is CCCCCCCC/C=C\CCCCCCCC(=O)C(OS(=O)(=O)[O-])C(=O)CCCCCCC/C=C\CCCCCCCC.[NH4+]. The lowest BCUT2D eigenvalue weighted by Gasteiger charge is -2.17. The van der Waals surface area contributed by atoms with Crippen LogP contribution in [0.4, 0.5) is 0 Å². The molecule has 45 heavy (non-hydrogen) atoms. The summed E-state index contributed by atoms with van der Waals surface area (Å²) >= 11 is 0. The highest BCUT2D eigenvalue weighted by Gasteiger charge is 2.28. The van der Waals surface area contributed by atoms with Crippen LogP contribution in [0.15, 0.2) is 24.3 Å². The van der Waals surface area contributed by atoms with Gasteiger partial charge in [-0.05, 0) is 64.2 Å². The molecule has 0 radical (unpaired) electrons. The molecule has 0 aromatic carbocycles. The lowest BCUT2D eigenvalue weighted by atomic mass is 9.99. The number of unbranched alkanes of at least 4 members (excludes halogenated alkanes) is 22. The van der Waals surface area contributed by atoms with E-state index >= 15 is 0 Å². The van der Waals surface area contributed by atoms with Gasteiger partial charge in [0.25, 0.3) is 0 Å². The Balaban J connectivity index is 0. The molecular formula is C37H71NO6S. The van der Waals surface area contributed by atoms with Gasteiger partial charge >= 0.3 is 0 Å². The van der Waals surface area contributed by atoms with E-state index in [4.69, 9.17) is 0 Å². The quantitative estimate of drug-likeness (QED) is 0.0240. The van der Waals surface area contributed by atoms with Crippen molar-refractivity contribution in [2.24, 2.45) is 0 Å². The van der Waals surface area contributed by atoms with Crippen molar-refractivity contribution in [3.63, 3.8) is 0 Å². The lowest BCUT2D eigenvalue weighted by Crippen LogP contribution is -2.35. The fourth-order valence-corrected chi connectivity index (χ4v) is 5.86. The Kier molecular flexibility index (Phi) is 34.6.